The van der Waals surface area contributed by atoms with E-state index in [-0.39, 0.29) is 17.2 Å². The topological polar surface area (TPSA) is 78.9 Å². The van der Waals surface area contributed by atoms with E-state index in [1.54, 1.807) is 17.0 Å². The van der Waals surface area contributed by atoms with E-state index in [0.29, 0.717) is 38.5 Å². The van der Waals surface area contributed by atoms with Gasteiger partial charge in [-0.3, -0.25) is 4.79 Å². The molecule has 0 unspecified atom stereocenters. The standard InChI is InChI=1S/C30H37N3O4S/c1-5-37-29-15-14-26(20-23(29)3)38(35,36)31-27(21-25-11-7-6-8-12-25)30(34)33-18-16-32(17-19-33)28-13-9-10-22(2)24(28)4/h6-15,20,27,31H,5,16-19,21H2,1-4H3/t27-/m1/s1. The first-order valence-corrected chi connectivity index (χ1v) is 14.6. The van der Waals surface area contributed by atoms with Crippen LogP contribution in [-0.4, -0.2) is 58.1 Å². The lowest BCUT2D eigenvalue weighted by molar-refractivity contribution is -0.133. The molecule has 0 spiro atoms. The number of amides is 1. The zero-order valence-corrected chi connectivity index (χ0v) is 23.4. The Kier molecular flexibility index (Phi) is 8.74. The molecule has 1 N–H and O–H groups in total. The van der Waals surface area contributed by atoms with Crippen LogP contribution in [0.3, 0.4) is 0 Å². The van der Waals surface area contributed by atoms with Gasteiger partial charge in [0.1, 0.15) is 11.8 Å². The molecule has 1 atom stereocenters. The van der Waals surface area contributed by atoms with E-state index >= 15 is 0 Å². The van der Waals surface area contributed by atoms with Gasteiger partial charge in [-0.1, -0.05) is 42.5 Å². The van der Waals surface area contributed by atoms with Gasteiger partial charge >= 0.3 is 0 Å². The van der Waals surface area contributed by atoms with E-state index in [1.807, 2.05) is 44.2 Å². The molecule has 1 heterocycles. The second-order valence-corrected chi connectivity index (χ2v) is 11.5. The zero-order chi connectivity index (χ0) is 27.3. The van der Waals surface area contributed by atoms with E-state index < -0.39 is 16.1 Å². The predicted molar refractivity (Wildman–Crippen MR) is 151 cm³/mol. The molecule has 1 fully saturated rings. The molecule has 7 nitrogen and oxygen atoms in total. The van der Waals surface area contributed by atoms with Crippen molar-refractivity contribution in [1.82, 2.24) is 9.62 Å². The molecule has 0 aromatic heterocycles. The highest BCUT2D eigenvalue weighted by molar-refractivity contribution is 7.89. The van der Waals surface area contributed by atoms with Gasteiger partial charge in [0.25, 0.3) is 0 Å². The van der Waals surface area contributed by atoms with E-state index in [4.69, 9.17) is 4.74 Å². The zero-order valence-electron chi connectivity index (χ0n) is 22.6. The molecule has 8 heteroatoms. The maximum absolute atomic E-state index is 13.7. The van der Waals surface area contributed by atoms with E-state index in [9.17, 15) is 13.2 Å². The van der Waals surface area contributed by atoms with Crippen LogP contribution < -0.4 is 14.4 Å². The summed E-state index contributed by atoms with van der Waals surface area (Å²) in [6.07, 6.45) is 0.270. The maximum atomic E-state index is 13.7. The summed E-state index contributed by atoms with van der Waals surface area (Å²) < 4.78 is 35.1. The summed E-state index contributed by atoms with van der Waals surface area (Å²) in [7, 11) is -3.95. The van der Waals surface area contributed by atoms with Gasteiger partial charge in [-0.15, -0.1) is 0 Å². The van der Waals surface area contributed by atoms with Crippen LogP contribution in [0.2, 0.25) is 0 Å². The summed E-state index contributed by atoms with van der Waals surface area (Å²) in [6.45, 7) is 10.9. The smallest absolute Gasteiger partial charge is 0.241 e. The van der Waals surface area contributed by atoms with Gasteiger partial charge < -0.3 is 14.5 Å². The Hall–Kier alpha value is -3.36. The lowest BCUT2D eigenvalue weighted by Crippen LogP contribution is -2.55. The largest absolute Gasteiger partial charge is 0.494 e. The van der Waals surface area contributed by atoms with Crippen LogP contribution in [0.1, 0.15) is 29.2 Å². The fraction of sp³-hybridized carbons (Fsp3) is 0.367. The molecule has 0 bridgehead atoms. The number of piperazine rings is 1. The van der Waals surface area contributed by atoms with Crippen LogP contribution in [0.15, 0.2) is 71.6 Å². The Labute approximate surface area is 226 Å². The number of rotatable bonds is 9. The number of hydrogen-bond acceptors (Lipinski definition) is 5. The number of carbonyl (C=O) groups excluding carboxylic acids is 1. The first kappa shape index (κ1) is 27.7. The Morgan fingerprint density at radius 3 is 2.29 bits per heavy atom. The Morgan fingerprint density at radius 1 is 0.921 bits per heavy atom. The van der Waals surface area contributed by atoms with Crippen molar-refractivity contribution >= 4 is 21.6 Å². The summed E-state index contributed by atoms with van der Waals surface area (Å²) in [6, 6.07) is 19.6. The molecule has 1 saturated heterocycles. The highest BCUT2D eigenvalue weighted by Gasteiger charge is 2.32. The minimum absolute atomic E-state index is 0.115. The summed E-state index contributed by atoms with van der Waals surface area (Å²) in [5, 5.41) is 0. The third kappa shape index (κ3) is 6.37. The second-order valence-electron chi connectivity index (χ2n) is 9.76. The maximum Gasteiger partial charge on any atom is 0.241 e. The van der Waals surface area contributed by atoms with Crippen LogP contribution in [-0.2, 0) is 21.2 Å². The third-order valence-corrected chi connectivity index (χ3v) is 8.61. The van der Waals surface area contributed by atoms with Gasteiger partial charge in [-0.2, -0.15) is 4.72 Å². The molecule has 0 radical (unpaired) electrons. The van der Waals surface area contributed by atoms with Crippen molar-refractivity contribution in [2.75, 3.05) is 37.7 Å². The fourth-order valence-corrected chi connectivity index (χ4v) is 6.13. The molecule has 202 valence electrons. The molecule has 1 aliphatic rings. The number of aryl methyl sites for hydroxylation is 2. The Balaban J connectivity index is 1.53. The summed E-state index contributed by atoms with van der Waals surface area (Å²) in [4.78, 5) is 17.9. The number of nitrogens with zero attached hydrogens (tertiary/aromatic N) is 2. The average Bonchev–Trinajstić information content (AvgIpc) is 2.91. The molecule has 0 saturated carbocycles. The van der Waals surface area contributed by atoms with Crippen LogP contribution in [0, 0.1) is 20.8 Å². The third-order valence-electron chi connectivity index (χ3n) is 7.14. The van der Waals surface area contributed by atoms with Crippen LogP contribution in [0.25, 0.3) is 0 Å². The minimum atomic E-state index is -3.95. The van der Waals surface area contributed by atoms with Crippen molar-refractivity contribution in [3.63, 3.8) is 0 Å². The van der Waals surface area contributed by atoms with Crippen LogP contribution in [0.4, 0.5) is 5.69 Å². The lowest BCUT2D eigenvalue weighted by atomic mass is 10.0. The molecule has 3 aromatic rings. The summed E-state index contributed by atoms with van der Waals surface area (Å²) in [5.41, 5.74) is 5.29. The molecule has 1 aliphatic heterocycles. The highest BCUT2D eigenvalue weighted by Crippen LogP contribution is 2.25. The number of sulfonamides is 1. The number of benzene rings is 3. The fourth-order valence-electron chi connectivity index (χ4n) is 4.86. The van der Waals surface area contributed by atoms with E-state index in [0.717, 1.165) is 11.1 Å². The van der Waals surface area contributed by atoms with Gasteiger partial charge in [0.05, 0.1) is 11.5 Å². The minimum Gasteiger partial charge on any atom is -0.494 e. The number of nitrogens with one attached hydrogen (secondary N) is 1. The van der Waals surface area contributed by atoms with Gasteiger partial charge in [0, 0.05) is 31.9 Å². The van der Waals surface area contributed by atoms with Crippen molar-refractivity contribution in [2.45, 2.75) is 45.1 Å². The first-order valence-electron chi connectivity index (χ1n) is 13.1. The summed E-state index contributed by atoms with van der Waals surface area (Å²) >= 11 is 0. The van der Waals surface area contributed by atoms with Crippen molar-refractivity contribution in [1.29, 1.82) is 0 Å². The first-order chi connectivity index (χ1) is 18.2. The molecule has 4 rings (SSSR count). The van der Waals surface area contributed by atoms with Gasteiger partial charge in [0.2, 0.25) is 15.9 Å². The van der Waals surface area contributed by atoms with Crippen molar-refractivity contribution < 1.29 is 17.9 Å². The lowest BCUT2D eigenvalue weighted by Gasteiger charge is -2.38. The molecule has 38 heavy (non-hydrogen) atoms. The van der Waals surface area contributed by atoms with Crippen molar-refractivity contribution in [3.8, 4) is 5.75 Å². The van der Waals surface area contributed by atoms with Gasteiger partial charge in [-0.05, 0) is 80.6 Å². The predicted octanol–water partition coefficient (Wildman–Crippen LogP) is 4.25. The second kappa shape index (κ2) is 12.0. The monoisotopic (exact) mass is 535 g/mol. The normalized spacial score (nSPS) is 14.8. The molecular weight excluding hydrogens is 498 g/mol. The number of carbonyl (C=O) groups is 1. The molecule has 1 amide bonds. The Morgan fingerprint density at radius 2 is 1.63 bits per heavy atom. The van der Waals surface area contributed by atoms with E-state index in [1.165, 1.54) is 22.9 Å². The number of anilines is 1. The van der Waals surface area contributed by atoms with Crippen LogP contribution >= 0.6 is 0 Å². The SMILES string of the molecule is CCOc1ccc(S(=O)(=O)N[C@H](Cc2ccccc2)C(=O)N2CCN(c3cccc(C)c3C)CC2)cc1C. The summed E-state index contributed by atoms with van der Waals surface area (Å²) in [5.74, 6) is 0.436. The molecular formula is C30H37N3O4S. The van der Waals surface area contributed by atoms with E-state index in [2.05, 4.69) is 41.7 Å². The molecule has 3 aromatic carbocycles. The highest BCUT2D eigenvalue weighted by atomic mass is 32.2. The number of ether oxygens (including phenoxy) is 1. The quantitative estimate of drug-likeness (QED) is 0.443. The molecule has 0 aliphatic carbocycles. The van der Waals surface area contributed by atoms with Gasteiger partial charge in [0.15, 0.2) is 0 Å². The van der Waals surface area contributed by atoms with Gasteiger partial charge in [-0.25, -0.2) is 8.42 Å². The average molecular weight is 536 g/mol. The van der Waals surface area contributed by atoms with Crippen LogP contribution in [0.5, 0.6) is 5.75 Å². The van der Waals surface area contributed by atoms with Crippen molar-refractivity contribution in [2.24, 2.45) is 0 Å². The van der Waals surface area contributed by atoms with Crippen molar-refractivity contribution in [3.05, 3.63) is 89.0 Å². The Bertz CT molecular complexity index is 1370. The number of hydrogen-bond donors (Lipinski definition) is 1.